The van der Waals surface area contributed by atoms with E-state index in [1.54, 1.807) is 0 Å². The summed E-state index contributed by atoms with van der Waals surface area (Å²) in [6.07, 6.45) is 1.48. The molecule has 7 heteroatoms. The first-order chi connectivity index (χ1) is 6.33. The molecule has 1 rings (SSSR count). The van der Waals surface area contributed by atoms with Crippen LogP contribution in [0.4, 0.5) is 5.00 Å². The fraction of sp³-hybridized carbons (Fsp3) is 0.500. The van der Waals surface area contributed by atoms with Crippen LogP contribution in [0.1, 0.15) is 0 Å². The van der Waals surface area contributed by atoms with Crippen LogP contribution in [0.5, 0.6) is 0 Å². The van der Waals surface area contributed by atoms with Crippen molar-refractivity contribution in [2.24, 2.45) is 5.73 Å². The van der Waals surface area contributed by atoms with Crippen molar-refractivity contribution in [3.8, 4) is 0 Å². The largest absolute Gasteiger partial charge is 0.370 e. The van der Waals surface area contributed by atoms with Gasteiger partial charge < -0.3 is 15.8 Å². The third kappa shape index (κ3) is 3.92. The van der Waals surface area contributed by atoms with Crippen molar-refractivity contribution in [1.29, 1.82) is 0 Å². The zero-order valence-corrected chi connectivity index (χ0v) is 7.71. The third-order valence-electron chi connectivity index (χ3n) is 1.12. The van der Waals surface area contributed by atoms with Crippen molar-refractivity contribution in [2.75, 3.05) is 25.1 Å². The topological polar surface area (TPSA) is 90.1 Å². The number of nitrogens with one attached hydrogen (secondary N) is 1. The number of rotatable bonds is 5. The van der Waals surface area contributed by atoms with Crippen LogP contribution in [-0.2, 0) is 9.53 Å². The summed E-state index contributed by atoms with van der Waals surface area (Å²) < 4.78 is 8.51. The molecular weight excluding hydrogens is 192 g/mol. The van der Waals surface area contributed by atoms with Gasteiger partial charge in [0, 0.05) is 18.1 Å². The Balaban J connectivity index is 2.18. The summed E-state index contributed by atoms with van der Waals surface area (Å²) in [6.45, 7) is 0.804. The van der Waals surface area contributed by atoms with Gasteiger partial charge in [0.1, 0.15) is 11.6 Å². The van der Waals surface area contributed by atoms with Crippen molar-refractivity contribution in [3.63, 3.8) is 0 Å². The monoisotopic (exact) mass is 202 g/mol. The number of ether oxygens (including phenoxy) is 1. The van der Waals surface area contributed by atoms with Gasteiger partial charge in [0.05, 0.1) is 12.8 Å². The number of nitrogens with zero attached hydrogens (tertiary/aromatic N) is 2. The molecule has 0 aliphatic heterocycles. The van der Waals surface area contributed by atoms with E-state index in [2.05, 4.69) is 14.9 Å². The molecule has 72 valence electrons. The zero-order chi connectivity index (χ0) is 9.52. The summed E-state index contributed by atoms with van der Waals surface area (Å²) in [4.78, 5) is 11.1. The van der Waals surface area contributed by atoms with Gasteiger partial charge in [-0.25, -0.2) is 0 Å². The highest BCUT2D eigenvalue weighted by Gasteiger charge is 2.02. The molecule has 0 saturated heterocycles. The number of carbonyl (C=O) groups excluding carboxylic acids is 1. The van der Waals surface area contributed by atoms with E-state index in [1.807, 2.05) is 0 Å². The second kappa shape index (κ2) is 5.57. The van der Waals surface area contributed by atoms with Gasteiger partial charge >= 0.3 is 0 Å². The maximum absolute atomic E-state index is 11.1. The van der Waals surface area contributed by atoms with Crippen LogP contribution in [0.2, 0.25) is 0 Å². The first-order valence-electron chi connectivity index (χ1n) is 3.68. The molecule has 13 heavy (non-hydrogen) atoms. The van der Waals surface area contributed by atoms with E-state index in [0.29, 0.717) is 18.2 Å². The van der Waals surface area contributed by atoms with E-state index in [4.69, 9.17) is 10.5 Å². The summed E-state index contributed by atoms with van der Waals surface area (Å²) in [5, 5.41) is 6.75. The summed E-state index contributed by atoms with van der Waals surface area (Å²) in [5.74, 6) is -0.223. The molecule has 0 fully saturated rings. The molecule has 0 aliphatic rings. The van der Waals surface area contributed by atoms with Crippen LogP contribution in [-0.4, -0.2) is 35.3 Å². The lowest BCUT2D eigenvalue weighted by Gasteiger charge is -2.01. The zero-order valence-electron chi connectivity index (χ0n) is 6.90. The second-order valence-electron chi connectivity index (χ2n) is 2.17. The minimum atomic E-state index is -0.223. The highest BCUT2D eigenvalue weighted by molar-refractivity contribution is 7.10. The Hall–Kier alpha value is -1.05. The quantitative estimate of drug-likeness (QED) is 0.625. The molecular formula is C6H10N4O2S. The van der Waals surface area contributed by atoms with Crippen molar-refractivity contribution in [2.45, 2.75) is 0 Å². The van der Waals surface area contributed by atoms with E-state index in [9.17, 15) is 4.79 Å². The number of amides is 1. The number of anilines is 1. The second-order valence-corrected chi connectivity index (χ2v) is 2.96. The van der Waals surface area contributed by atoms with E-state index >= 15 is 0 Å². The van der Waals surface area contributed by atoms with Gasteiger partial charge in [0.2, 0.25) is 0 Å². The Kier molecular flexibility index (Phi) is 4.30. The summed E-state index contributed by atoms with van der Waals surface area (Å²) >= 11 is 1.12. The molecule has 0 saturated carbocycles. The number of hydrogen-bond acceptors (Lipinski definition) is 6. The smallest absolute Gasteiger partial charge is 0.251 e. The first kappa shape index (κ1) is 10.0. The SMILES string of the molecule is NCCOCC(=O)Nc1cnns1. The molecule has 0 radical (unpaired) electrons. The van der Waals surface area contributed by atoms with Crippen LogP contribution < -0.4 is 11.1 Å². The summed E-state index contributed by atoms with van der Waals surface area (Å²) in [5.41, 5.74) is 5.18. The predicted octanol–water partition coefficient (Wildman–Crippen LogP) is -0.548. The number of hydrogen-bond donors (Lipinski definition) is 2. The minimum absolute atomic E-state index is 0.00903. The summed E-state index contributed by atoms with van der Waals surface area (Å²) in [7, 11) is 0. The standard InChI is InChI=1S/C6H10N4O2S/c7-1-2-12-4-5(11)9-6-3-8-10-13-6/h3H,1-2,4,7H2,(H,9,11). The fourth-order valence-electron chi connectivity index (χ4n) is 0.644. The van der Waals surface area contributed by atoms with Gasteiger partial charge in [-0.1, -0.05) is 4.49 Å². The lowest BCUT2D eigenvalue weighted by atomic mass is 10.6. The van der Waals surface area contributed by atoms with Gasteiger partial charge in [-0.05, 0) is 0 Å². The molecule has 1 aromatic rings. The molecule has 3 N–H and O–H groups in total. The molecule has 6 nitrogen and oxygen atoms in total. The minimum Gasteiger partial charge on any atom is -0.370 e. The Labute approximate surface area is 79.2 Å². The van der Waals surface area contributed by atoms with Crippen molar-refractivity contribution < 1.29 is 9.53 Å². The van der Waals surface area contributed by atoms with E-state index in [-0.39, 0.29) is 12.5 Å². The van der Waals surface area contributed by atoms with Crippen molar-refractivity contribution in [1.82, 2.24) is 9.59 Å². The van der Waals surface area contributed by atoms with Gasteiger partial charge in [0.15, 0.2) is 0 Å². The summed E-state index contributed by atoms with van der Waals surface area (Å²) in [6, 6.07) is 0. The van der Waals surface area contributed by atoms with Crippen molar-refractivity contribution >= 4 is 22.4 Å². The predicted molar refractivity (Wildman–Crippen MR) is 48.4 cm³/mol. The molecule has 0 atom stereocenters. The number of aromatic nitrogens is 2. The average molecular weight is 202 g/mol. The molecule has 0 aliphatic carbocycles. The number of nitrogens with two attached hydrogens (primary N) is 1. The Morgan fingerprint density at radius 1 is 1.77 bits per heavy atom. The van der Waals surface area contributed by atoms with Crippen LogP contribution >= 0.6 is 11.5 Å². The van der Waals surface area contributed by atoms with E-state index < -0.39 is 0 Å². The normalized spacial score (nSPS) is 9.92. The molecule has 0 unspecified atom stereocenters. The van der Waals surface area contributed by atoms with E-state index in [0.717, 1.165) is 11.5 Å². The maximum Gasteiger partial charge on any atom is 0.251 e. The maximum atomic E-state index is 11.1. The van der Waals surface area contributed by atoms with Gasteiger partial charge in [-0.2, -0.15) is 0 Å². The van der Waals surface area contributed by atoms with Gasteiger partial charge in [-0.3, -0.25) is 4.79 Å². The molecule has 0 aromatic carbocycles. The molecule has 1 heterocycles. The van der Waals surface area contributed by atoms with Crippen molar-refractivity contribution in [3.05, 3.63) is 6.20 Å². The molecule has 0 bridgehead atoms. The lowest BCUT2D eigenvalue weighted by Crippen LogP contribution is -2.20. The van der Waals surface area contributed by atoms with Crippen LogP contribution in [0.3, 0.4) is 0 Å². The van der Waals surface area contributed by atoms with Crippen LogP contribution in [0.25, 0.3) is 0 Å². The van der Waals surface area contributed by atoms with Gasteiger partial charge in [-0.15, -0.1) is 5.10 Å². The molecule has 1 amide bonds. The fourth-order valence-corrected chi connectivity index (χ4v) is 1.08. The van der Waals surface area contributed by atoms with Crippen LogP contribution in [0.15, 0.2) is 6.20 Å². The molecule has 1 aromatic heterocycles. The highest BCUT2D eigenvalue weighted by Crippen LogP contribution is 2.08. The first-order valence-corrected chi connectivity index (χ1v) is 4.45. The highest BCUT2D eigenvalue weighted by atomic mass is 32.1. The van der Waals surface area contributed by atoms with Crippen LogP contribution in [0, 0.1) is 0 Å². The van der Waals surface area contributed by atoms with Gasteiger partial charge in [0.25, 0.3) is 5.91 Å². The number of carbonyl (C=O) groups is 1. The average Bonchev–Trinajstić information content (AvgIpc) is 2.57. The Morgan fingerprint density at radius 2 is 2.62 bits per heavy atom. The lowest BCUT2D eigenvalue weighted by molar-refractivity contribution is -0.120. The third-order valence-corrected chi connectivity index (χ3v) is 1.70. The van der Waals surface area contributed by atoms with E-state index in [1.165, 1.54) is 6.20 Å². The Morgan fingerprint density at radius 3 is 3.23 bits per heavy atom. The molecule has 0 spiro atoms. The Bertz CT molecular complexity index is 251.